The minimum atomic E-state index is 0. The summed E-state index contributed by atoms with van der Waals surface area (Å²) in [6.07, 6.45) is 1.90. The molecule has 17 heavy (non-hydrogen) atoms. The molecular weight excluding hydrogens is 236 g/mol. The first-order chi connectivity index (χ1) is 7.66. The fraction of sp³-hybridized carbons (Fsp3) is 0.750. The molecule has 0 unspecified atom stereocenters. The number of halogens is 1. The molecule has 0 spiro atoms. The van der Waals surface area contributed by atoms with Crippen molar-refractivity contribution in [1.82, 2.24) is 20.0 Å². The van der Waals surface area contributed by atoms with Crippen LogP contribution in [0.2, 0.25) is 0 Å². The second-order valence-corrected chi connectivity index (χ2v) is 4.95. The van der Waals surface area contributed by atoms with Crippen LogP contribution >= 0.6 is 12.4 Å². The highest BCUT2D eigenvalue weighted by Crippen LogP contribution is 2.11. The zero-order valence-electron chi connectivity index (χ0n) is 10.9. The molecule has 98 valence electrons. The molecule has 0 aromatic carbocycles. The first kappa shape index (κ1) is 14.5. The maximum absolute atomic E-state index is 4.37. The van der Waals surface area contributed by atoms with Gasteiger partial charge in [-0.3, -0.25) is 9.58 Å². The lowest BCUT2D eigenvalue weighted by atomic mass is 10.2. The van der Waals surface area contributed by atoms with Gasteiger partial charge in [-0.2, -0.15) is 5.10 Å². The second kappa shape index (κ2) is 6.38. The van der Waals surface area contributed by atoms with Gasteiger partial charge in [0.2, 0.25) is 0 Å². The molecule has 4 nitrogen and oxygen atoms in total. The SMILES string of the molecule is CC(C)n1nccc1CN1CCN[C@@H](C)C1.Cl. The Morgan fingerprint density at radius 3 is 2.94 bits per heavy atom. The Hall–Kier alpha value is -0.580. The monoisotopic (exact) mass is 258 g/mol. The van der Waals surface area contributed by atoms with E-state index in [0.717, 1.165) is 26.2 Å². The van der Waals surface area contributed by atoms with E-state index in [9.17, 15) is 0 Å². The van der Waals surface area contributed by atoms with Gasteiger partial charge in [0.1, 0.15) is 0 Å². The van der Waals surface area contributed by atoms with E-state index >= 15 is 0 Å². The third-order valence-electron chi connectivity index (χ3n) is 3.08. The predicted molar refractivity (Wildman–Crippen MR) is 72.6 cm³/mol. The number of nitrogens with zero attached hydrogens (tertiary/aromatic N) is 3. The fourth-order valence-corrected chi connectivity index (χ4v) is 2.32. The standard InChI is InChI=1S/C12H22N4.ClH/c1-10(2)16-12(4-5-14-16)9-15-7-6-13-11(3)8-15;/h4-5,10-11,13H,6-9H2,1-3H3;1H/t11-;/m0./s1. The molecule has 1 N–H and O–H groups in total. The summed E-state index contributed by atoms with van der Waals surface area (Å²) in [5, 5.41) is 7.84. The summed E-state index contributed by atoms with van der Waals surface area (Å²) in [6, 6.07) is 3.18. The van der Waals surface area contributed by atoms with Crippen LogP contribution in [0.5, 0.6) is 0 Å². The number of piperazine rings is 1. The number of aromatic nitrogens is 2. The van der Waals surface area contributed by atoms with Crippen molar-refractivity contribution in [3.8, 4) is 0 Å². The van der Waals surface area contributed by atoms with Crippen molar-refractivity contribution in [1.29, 1.82) is 0 Å². The van der Waals surface area contributed by atoms with Gasteiger partial charge < -0.3 is 5.32 Å². The molecule has 0 radical (unpaired) electrons. The van der Waals surface area contributed by atoms with Crippen molar-refractivity contribution in [2.24, 2.45) is 0 Å². The van der Waals surface area contributed by atoms with Crippen LogP contribution in [0.3, 0.4) is 0 Å². The molecule has 0 bridgehead atoms. The van der Waals surface area contributed by atoms with Gasteiger partial charge in [0.15, 0.2) is 0 Å². The van der Waals surface area contributed by atoms with E-state index in [1.54, 1.807) is 0 Å². The summed E-state index contributed by atoms with van der Waals surface area (Å²) < 4.78 is 2.12. The predicted octanol–water partition coefficient (Wildman–Crippen LogP) is 1.68. The smallest absolute Gasteiger partial charge is 0.0527 e. The normalized spacial score (nSPS) is 21.5. The Morgan fingerprint density at radius 1 is 1.53 bits per heavy atom. The molecule has 1 fully saturated rings. The number of hydrogen-bond acceptors (Lipinski definition) is 3. The Morgan fingerprint density at radius 2 is 2.29 bits per heavy atom. The van der Waals surface area contributed by atoms with Gasteiger partial charge in [-0.05, 0) is 26.8 Å². The maximum Gasteiger partial charge on any atom is 0.0527 e. The average Bonchev–Trinajstić information content (AvgIpc) is 2.66. The average molecular weight is 259 g/mol. The summed E-state index contributed by atoms with van der Waals surface area (Å²) in [4.78, 5) is 2.50. The lowest BCUT2D eigenvalue weighted by Gasteiger charge is -2.32. The second-order valence-electron chi connectivity index (χ2n) is 4.95. The third-order valence-corrected chi connectivity index (χ3v) is 3.08. The Balaban J connectivity index is 0.00000144. The molecule has 1 saturated heterocycles. The van der Waals surface area contributed by atoms with Crippen LogP contribution in [-0.4, -0.2) is 40.4 Å². The summed E-state index contributed by atoms with van der Waals surface area (Å²) >= 11 is 0. The van der Waals surface area contributed by atoms with Crippen LogP contribution in [0.15, 0.2) is 12.3 Å². The zero-order valence-corrected chi connectivity index (χ0v) is 11.7. The largest absolute Gasteiger partial charge is 0.312 e. The Bertz CT molecular complexity index is 337. The molecule has 2 heterocycles. The van der Waals surface area contributed by atoms with Crippen LogP contribution < -0.4 is 5.32 Å². The molecule has 2 rings (SSSR count). The van der Waals surface area contributed by atoms with E-state index in [4.69, 9.17) is 0 Å². The van der Waals surface area contributed by atoms with Crippen molar-refractivity contribution in [3.63, 3.8) is 0 Å². The zero-order chi connectivity index (χ0) is 11.5. The summed E-state index contributed by atoms with van der Waals surface area (Å²) in [5.41, 5.74) is 1.32. The van der Waals surface area contributed by atoms with Gasteiger partial charge in [0, 0.05) is 44.5 Å². The molecule has 1 aliphatic rings. The summed E-state index contributed by atoms with van der Waals surface area (Å²) in [7, 11) is 0. The minimum Gasteiger partial charge on any atom is -0.312 e. The van der Waals surface area contributed by atoms with Crippen molar-refractivity contribution < 1.29 is 0 Å². The highest BCUT2D eigenvalue weighted by molar-refractivity contribution is 5.85. The lowest BCUT2D eigenvalue weighted by molar-refractivity contribution is 0.193. The van der Waals surface area contributed by atoms with Crippen LogP contribution in [0.25, 0.3) is 0 Å². The highest BCUT2D eigenvalue weighted by atomic mass is 35.5. The van der Waals surface area contributed by atoms with Gasteiger partial charge in [-0.25, -0.2) is 0 Å². The molecular formula is C12H23ClN4. The van der Waals surface area contributed by atoms with Gasteiger partial charge in [-0.1, -0.05) is 0 Å². The highest BCUT2D eigenvalue weighted by Gasteiger charge is 2.17. The molecule has 0 aliphatic carbocycles. The van der Waals surface area contributed by atoms with Crippen molar-refractivity contribution in [2.45, 2.75) is 39.4 Å². The van der Waals surface area contributed by atoms with Gasteiger partial charge in [0.05, 0.1) is 5.69 Å². The number of nitrogens with one attached hydrogen (secondary N) is 1. The van der Waals surface area contributed by atoms with Crippen molar-refractivity contribution >= 4 is 12.4 Å². The van der Waals surface area contributed by atoms with Gasteiger partial charge in [-0.15, -0.1) is 12.4 Å². The van der Waals surface area contributed by atoms with Crippen LogP contribution in [0.4, 0.5) is 0 Å². The lowest BCUT2D eigenvalue weighted by Crippen LogP contribution is -2.48. The van der Waals surface area contributed by atoms with E-state index in [0.29, 0.717) is 12.1 Å². The van der Waals surface area contributed by atoms with Crippen LogP contribution in [0.1, 0.15) is 32.5 Å². The Kier molecular flexibility index (Phi) is 5.43. The number of hydrogen-bond donors (Lipinski definition) is 1. The molecule has 5 heteroatoms. The van der Waals surface area contributed by atoms with Crippen molar-refractivity contribution in [2.75, 3.05) is 19.6 Å². The van der Waals surface area contributed by atoms with Gasteiger partial charge in [0.25, 0.3) is 0 Å². The summed E-state index contributed by atoms with van der Waals surface area (Å²) in [5.74, 6) is 0. The van der Waals surface area contributed by atoms with Crippen LogP contribution in [-0.2, 0) is 6.54 Å². The van der Waals surface area contributed by atoms with E-state index in [1.807, 2.05) is 6.20 Å². The molecule has 1 aliphatic heterocycles. The topological polar surface area (TPSA) is 33.1 Å². The Labute approximate surface area is 110 Å². The van der Waals surface area contributed by atoms with E-state index in [1.165, 1.54) is 5.69 Å². The first-order valence-electron chi connectivity index (χ1n) is 6.15. The third kappa shape index (κ3) is 3.69. The number of rotatable bonds is 3. The molecule has 0 amide bonds. The quantitative estimate of drug-likeness (QED) is 0.896. The first-order valence-corrected chi connectivity index (χ1v) is 6.15. The van der Waals surface area contributed by atoms with Gasteiger partial charge >= 0.3 is 0 Å². The van der Waals surface area contributed by atoms with E-state index in [-0.39, 0.29) is 12.4 Å². The fourth-order valence-electron chi connectivity index (χ4n) is 2.32. The van der Waals surface area contributed by atoms with Crippen molar-refractivity contribution in [3.05, 3.63) is 18.0 Å². The van der Waals surface area contributed by atoms with E-state index < -0.39 is 0 Å². The molecule has 1 aromatic heterocycles. The minimum absolute atomic E-state index is 0. The van der Waals surface area contributed by atoms with Crippen LogP contribution in [0, 0.1) is 0 Å². The molecule has 1 aromatic rings. The molecule has 1 atom stereocenters. The maximum atomic E-state index is 4.37. The molecule has 0 saturated carbocycles. The summed E-state index contributed by atoms with van der Waals surface area (Å²) in [6.45, 7) is 11.0. The van der Waals surface area contributed by atoms with E-state index in [2.05, 4.69) is 46.8 Å².